The van der Waals surface area contributed by atoms with Crippen LogP contribution in [0.2, 0.25) is 0 Å². The maximum Gasteiger partial charge on any atom is 0.364 e. The average molecular weight is 471 g/mol. The summed E-state index contributed by atoms with van der Waals surface area (Å²) in [5, 5.41) is 91.1. The van der Waals surface area contributed by atoms with Crippen LogP contribution in [0.4, 0.5) is 0 Å². The molecule has 0 saturated carbocycles. The maximum atomic E-state index is 12.1. The van der Waals surface area contributed by atoms with Crippen LogP contribution in [0.3, 0.4) is 0 Å². The van der Waals surface area contributed by atoms with Gasteiger partial charge in [-0.2, -0.15) is 0 Å². The fourth-order valence-corrected chi connectivity index (χ4v) is 3.68. The minimum Gasteiger partial charge on any atom is -0.477 e. The molecule has 2 saturated heterocycles. The van der Waals surface area contributed by atoms with Crippen LogP contribution < -0.4 is 5.32 Å². The summed E-state index contributed by atoms with van der Waals surface area (Å²) in [5.74, 6) is -5.39. The summed E-state index contributed by atoms with van der Waals surface area (Å²) in [7, 11) is 0. The van der Waals surface area contributed by atoms with E-state index in [1.165, 1.54) is 0 Å². The molecule has 0 unspecified atom stereocenters. The van der Waals surface area contributed by atoms with Crippen molar-refractivity contribution in [3.05, 3.63) is 0 Å². The summed E-state index contributed by atoms with van der Waals surface area (Å²) >= 11 is 0. The van der Waals surface area contributed by atoms with Crippen LogP contribution in [0.15, 0.2) is 0 Å². The van der Waals surface area contributed by atoms with Crippen molar-refractivity contribution in [3.8, 4) is 0 Å². The first-order chi connectivity index (χ1) is 14.9. The summed E-state index contributed by atoms with van der Waals surface area (Å²) in [6.07, 6.45) is -17.5. The number of aliphatic hydroxyl groups excluding tert-OH is 8. The van der Waals surface area contributed by atoms with Crippen molar-refractivity contribution in [2.24, 2.45) is 0 Å². The quantitative estimate of drug-likeness (QED) is 0.158. The van der Waals surface area contributed by atoms with Crippen molar-refractivity contribution < 1.29 is 69.8 Å². The molecule has 186 valence electrons. The molecule has 15 heteroatoms. The number of carbonyl (C=O) groups is 2. The van der Waals surface area contributed by atoms with Gasteiger partial charge in [-0.3, -0.25) is 4.79 Å². The first-order valence-corrected chi connectivity index (χ1v) is 9.70. The Morgan fingerprint density at radius 3 is 2.28 bits per heavy atom. The lowest BCUT2D eigenvalue weighted by atomic mass is 9.88. The average Bonchev–Trinajstić information content (AvgIpc) is 2.74. The van der Waals surface area contributed by atoms with E-state index in [0.717, 1.165) is 6.92 Å². The smallest absolute Gasteiger partial charge is 0.364 e. The number of hydrogen-bond donors (Lipinski definition) is 10. The molecule has 32 heavy (non-hydrogen) atoms. The third-order valence-electron chi connectivity index (χ3n) is 5.35. The Hall–Kier alpha value is -1.50. The number of aliphatic hydroxyl groups is 8. The molecule has 0 radical (unpaired) electrons. The lowest BCUT2D eigenvalue weighted by Crippen LogP contribution is -2.70. The minimum atomic E-state index is -2.83. The van der Waals surface area contributed by atoms with Gasteiger partial charge in [0.15, 0.2) is 6.29 Å². The second-order valence-corrected chi connectivity index (χ2v) is 7.69. The Balaban J connectivity index is 2.42. The number of rotatable bonds is 8. The number of carboxylic acid groups (broad SMARTS) is 1. The molecular formula is C17H29NO14. The summed E-state index contributed by atoms with van der Waals surface area (Å²) in [5.41, 5.74) is 0. The molecule has 2 rings (SSSR count). The molecular weight excluding hydrogens is 442 g/mol. The highest BCUT2D eigenvalue weighted by Gasteiger charge is 2.59. The molecule has 10 N–H and O–H groups in total. The van der Waals surface area contributed by atoms with E-state index in [0.29, 0.717) is 0 Å². The summed E-state index contributed by atoms with van der Waals surface area (Å²) in [4.78, 5) is 23.7. The van der Waals surface area contributed by atoms with Gasteiger partial charge in [-0.05, 0) is 0 Å². The molecule has 15 nitrogen and oxygen atoms in total. The molecule has 1 amide bonds. The largest absolute Gasteiger partial charge is 0.477 e. The van der Waals surface area contributed by atoms with Gasteiger partial charge in [-0.25, -0.2) is 4.79 Å². The van der Waals surface area contributed by atoms with Gasteiger partial charge >= 0.3 is 5.97 Å². The van der Waals surface area contributed by atoms with Gasteiger partial charge in [0.05, 0.1) is 25.4 Å². The van der Waals surface area contributed by atoms with Gasteiger partial charge in [-0.15, -0.1) is 0 Å². The fraction of sp³-hybridized carbons (Fsp3) is 0.882. The van der Waals surface area contributed by atoms with Crippen molar-refractivity contribution >= 4 is 11.9 Å². The van der Waals surface area contributed by atoms with Gasteiger partial charge < -0.3 is 65.5 Å². The second kappa shape index (κ2) is 10.6. The van der Waals surface area contributed by atoms with E-state index < -0.39 is 98.5 Å². The van der Waals surface area contributed by atoms with Crippen molar-refractivity contribution in [2.45, 2.75) is 80.3 Å². The van der Waals surface area contributed by atoms with Crippen molar-refractivity contribution in [1.82, 2.24) is 5.32 Å². The highest BCUT2D eigenvalue weighted by molar-refractivity contribution is 5.76. The predicted molar refractivity (Wildman–Crippen MR) is 97.4 cm³/mol. The van der Waals surface area contributed by atoms with Gasteiger partial charge in [0.25, 0.3) is 5.79 Å². The zero-order chi connectivity index (χ0) is 24.4. The molecule has 0 aromatic heterocycles. The van der Waals surface area contributed by atoms with Crippen molar-refractivity contribution in [2.75, 3.05) is 13.2 Å². The van der Waals surface area contributed by atoms with Gasteiger partial charge in [0.1, 0.15) is 42.7 Å². The Morgan fingerprint density at radius 1 is 1.16 bits per heavy atom. The third-order valence-corrected chi connectivity index (χ3v) is 5.35. The molecule has 0 aromatic rings. The Morgan fingerprint density at radius 2 is 1.78 bits per heavy atom. The number of carboxylic acids is 1. The van der Waals surface area contributed by atoms with E-state index in [-0.39, 0.29) is 0 Å². The van der Waals surface area contributed by atoms with Crippen LogP contribution in [0.1, 0.15) is 13.3 Å². The second-order valence-electron chi connectivity index (χ2n) is 7.69. The van der Waals surface area contributed by atoms with E-state index in [2.05, 4.69) is 5.32 Å². The lowest BCUT2D eigenvalue weighted by molar-refractivity contribution is -0.365. The zero-order valence-electron chi connectivity index (χ0n) is 17.0. The molecule has 0 bridgehead atoms. The predicted octanol–water partition coefficient (Wildman–Crippen LogP) is -6.05. The number of aliphatic carboxylic acids is 1. The first-order valence-electron chi connectivity index (χ1n) is 9.70. The molecule has 2 heterocycles. The number of hydrogen-bond acceptors (Lipinski definition) is 13. The van der Waals surface area contributed by atoms with Crippen molar-refractivity contribution in [1.29, 1.82) is 0 Å². The van der Waals surface area contributed by atoms with Gasteiger partial charge in [-0.1, -0.05) is 0 Å². The van der Waals surface area contributed by atoms with E-state index in [1.807, 2.05) is 0 Å². The van der Waals surface area contributed by atoms with E-state index in [9.17, 15) is 50.4 Å². The van der Waals surface area contributed by atoms with Crippen LogP contribution >= 0.6 is 0 Å². The lowest BCUT2D eigenvalue weighted by Gasteiger charge is -2.49. The number of nitrogens with one attached hydrogen (secondary N) is 1. The maximum absolute atomic E-state index is 12.1. The molecule has 2 fully saturated rings. The van der Waals surface area contributed by atoms with Crippen molar-refractivity contribution in [3.63, 3.8) is 0 Å². The summed E-state index contributed by atoms with van der Waals surface area (Å²) < 4.78 is 15.7. The van der Waals surface area contributed by atoms with Crippen LogP contribution in [0.5, 0.6) is 0 Å². The van der Waals surface area contributed by atoms with Crippen LogP contribution in [-0.4, -0.2) is 138 Å². The molecule has 0 aromatic carbocycles. The highest BCUT2D eigenvalue weighted by atomic mass is 16.7. The highest BCUT2D eigenvalue weighted by Crippen LogP contribution is 2.37. The van der Waals surface area contributed by atoms with E-state index in [1.54, 1.807) is 0 Å². The van der Waals surface area contributed by atoms with Crippen LogP contribution in [0.25, 0.3) is 0 Å². The normalized spacial score (nSPS) is 42.2. The molecule has 2 aliphatic heterocycles. The SMILES string of the molecule is CC(=O)N[C@H]1[C@H]([C@H](O)[C@H](O)CO)O[C@@](O[C@@H]2[C@H](O)[C@@H](O)[C@H](O)O[C@@H]2CO)(C(=O)O)C[C@@H]1O. The molecule has 2 aliphatic rings. The van der Waals surface area contributed by atoms with E-state index >= 15 is 0 Å². The van der Waals surface area contributed by atoms with Crippen LogP contribution in [-0.2, 0) is 23.8 Å². The Bertz CT molecular complexity index is 663. The first kappa shape index (κ1) is 26.7. The molecule has 0 aliphatic carbocycles. The summed E-state index contributed by atoms with van der Waals surface area (Å²) in [6, 6.07) is -1.44. The molecule has 0 spiro atoms. The standard InChI is InChI=1S/C17H29NO14/c1-5(21)18-9-6(22)2-17(16(28)29,32-14(9)10(24)7(23)3-19)31-13-8(4-20)30-15(27)12(26)11(13)25/h6-15,19-20,22-27H,2-4H2,1H3,(H,18,21)(H,28,29)/t6-,7+,8+,9+,10+,11+,12+,13-,14+,15+,17+/m0/s1. The number of amides is 1. The molecule has 11 atom stereocenters. The van der Waals surface area contributed by atoms with E-state index in [4.69, 9.17) is 19.3 Å². The van der Waals surface area contributed by atoms with Crippen LogP contribution in [0, 0.1) is 0 Å². The third kappa shape index (κ3) is 5.35. The number of ether oxygens (including phenoxy) is 3. The number of carbonyl (C=O) groups excluding carboxylic acids is 1. The Labute approximate surface area is 181 Å². The Kier molecular flexibility index (Phi) is 8.88. The monoisotopic (exact) mass is 471 g/mol. The van der Waals surface area contributed by atoms with Gasteiger partial charge in [0, 0.05) is 13.3 Å². The summed E-state index contributed by atoms with van der Waals surface area (Å²) in [6.45, 7) is -0.785. The van der Waals surface area contributed by atoms with Gasteiger partial charge in [0.2, 0.25) is 5.91 Å². The zero-order valence-corrected chi connectivity index (χ0v) is 17.0. The topological polar surface area (TPSA) is 256 Å². The fourth-order valence-electron chi connectivity index (χ4n) is 3.68. The minimum absolute atomic E-state index is 0.689.